The number of carbonyl (C=O) groups excluding carboxylic acids is 1. The maximum Gasteiger partial charge on any atom is 0.251 e. The Hall–Kier alpha value is -3.39. The highest BCUT2D eigenvalue weighted by Gasteiger charge is 2.12. The van der Waals surface area contributed by atoms with Crippen LogP contribution in [0.2, 0.25) is 0 Å². The molecule has 4 rings (SSSR count). The molecule has 1 amide bonds. The molecule has 0 aliphatic heterocycles. The number of hydrogen-bond donors (Lipinski definition) is 1. The molecule has 1 fully saturated rings. The largest absolute Gasteiger partial charge is 0.359 e. The fraction of sp³-hybridized carbons (Fsp3) is 0.250. The fourth-order valence-electron chi connectivity index (χ4n) is 3.38. The van der Waals surface area contributed by atoms with Crippen LogP contribution in [0.1, 0.15) is 47.4 Å². The minimum Gasteiger partial charge on any atom is -0.359 e. The summed E-state index contributed by atoms with van der Waals surface area (Å²) in [7, 11) is 0. The first-order valence-electron chi connectivity index (χ1n) is 9.79. The lowest BCUT2D eigenvalue weighted by Crippen LogP contribution is -2.22. The van der Waals surface area contributed by atoms with Gasteiger partial charge in [0.05, 0.1) is 6.54 Å². The van der Waals surface area contributed by atoms with Gasteiger partial charge in [-0.3, -0.25) is 4.79 Å². The molecule has 0 radical (unpaired) electrons. The molecule has 0 saturated heterocycles. The quantitative estimate of drug-likeness (QED) is 0.643. The summed E-state index contributed by atoms with van der Waals surface area (Å²) in [6.45, 7) is 0.219. The number of halogens is 1. The van der Waals surface area contributed by atoms with Crippen LogP contribution >= 0.6 is 0 Å². The first kappa shape index (κ1) is 18.9. The van der Waals surface area contributed by atoms with Crippen LogP contribution in [0.15, 0.2) is 59.1 Å². The Kier molecular flexibility index (Phi) is 5.71. The first-order chi connectivity index (χ1) is 14.2. The Morgan fingerprint density at radius 3 is 2.55 bits per heavy atom. The Labute approximate surface area is 169 Å². The summed E-state index contributed by atoms with van der Waals surface area (Å²) in [4.78, 5) is 12.4. The van der Waals surface area contributed by atoms with Crippen LogP contribution in [-0.2, 0) is 6.54 Å². The van der Waals surface area contributed by atoms with Gasteiger partial charge in [-0.1, -0.05) is 29.8 Å². The molecule has 0 unspecified atom stereocenters. The van der Waals surface area contributed by atoms with Crippen LogP contribution in [0.25, 0.3) is 11.3 Å². The SMILES string of the molecule is O=C(NCc1cc(-c2ccc(F)cc2)no1)c1ccc(C#CC2CCCC2)cc1. The van der Waals surface area contributed by atoms with Gasteiger partial charge in [0.2, 0.25) is 0 Å². The molecule has 4 nitrogen and oxygen atoms in total. The van der Waals surface area contributed by atoms with E-state index in [2.05, 4.69) is 22.3 Å². The van der Waals surface area contributed by atoms with Crippen molar-refractivity contribution in [2.75, 3.05) is 0 Å². The number of benzene rings is 2. The van der Waals surface area contributed by atoms with Crippen molar-refractivity contribution in [3.63, 3.8) is 0 Å². The maximum absolute atomic E-state index is 13.0. The summed E-state index contributed by atoms with van der Waals surface area (Å²) in [6, 6.07) is 15.0. The predicted octanol–water partition coefficient (Wildman–Crippen LogP) is 4.95. The van der Waals surface area contributed by atoms with E-state index in [-0.39, 0.29) is 18.3 Å². The standard InChI is InChI=1S/C24H21FN2O2/c25-21-13-11-19(12-14-21)23-15-22(29-27-23)16-26-24(28)20-9-7-18(8-10-20)6-5-17-3-1-2-4-17/h7-15,17H,1-4,16H2,(H,26,28). The van der Waals surface area contributed by atoms with E-state index in [1.807, 2.05) is 12.1 Å². The average molecular weight is 388 g/mol. The lowest BCUT2D eigenvalue weighted by atomic mass is 10.1. The maximum atomic E-state index is 13.0. The second-order valence-electron chi connectivity index (χ2n) is 7.20. The zero-order chi connectivity index (χ0) is 20.1. The molecule has 29 heavy (non-hydrogen) atoms. The Balaban J connectivity index is 1.33. The van der Waals surface area contributed by atoms with Crippen molar-refractivity contribution in [1.82, 2.24) is 10.5 Å². The Morgan fingerprint density at radius 2 is 1.83 bits per heavy atom. The summed E-state index contributed by atoms with van der Waals surface area (Å²) in [5, 5.41) is 6.78. The van der Waals surface area contributed by atoms with E-state index in [1.165, 1.54) is 37.8 Å². The van der Waals surface area contributed by atoms with Crippen LogP contribution in [-0.4, -0.2) is 11.1 Å². The number of nitrogens with one attached hydrogen (secondary N) is 1. The minimum absolute atomic E-state index is 0.194. The van der Waals surface area contributed by atoms with Crippen LogP contribution < -0.4 is 5.32 Å². The molecule has 1 N–H and O–H groups in total. The molecule has 1 aliphatic carbocycles. The molecule has 146 valence electrons. The van der Waals surface area contributed by atoms with Gasteiger partial charge in [-0.15, -0.1) is 0 Å². The molecule has 2 aromatic carbocycles. The third kappa shape index (κ3) is 4.91. The summed E-state index contributed by atoms with van der Waals surface area (Å²) < 4.78 is 18.3. The van der Waals surface area contributed by atoms with E-state index < -0.39 is 0 Å². The van der Waals surface area contributed by atoms with Gasteiger partial charge in [0, 0.05) is 28.7 Å². The fourth-order valence-corrected chi connectivity index (χ4v) is 3.38. The number of amides is 1. The van der Waals surface area contributed by atoms with Crippen LogP contribution in [0.5, 0.6) is 0 Å². The van der Waals surface area contributed by atoms with Crippen molar-refractivity contribution in [1.29, 1.82) is 0 Å². The van der Waals surface area contributed by atoms with Gasteiger partial charge in [0.15, 0.2) is 5.76 Å². The summed E-state index contributed by atoms with van der Waals surface area (Å²) in [5.74, 6) is 7.06. The lowest BCUT2D eigenvalue weighted by molar-refractivity contribution is 0.0947. The molecule has 5 heteroatoms. The van der Waals surface area contributed by atoms with Gasteiger partial charge >= 0.3 is 0 Å². The molecule has 1 saturated carbocycles. The molecule has 0 spiro atoms. The molecular formula is C24H21FN2O2. The van der Waals surface area contributed by atoms with Crippen molar-refractivity contribution in [3.8, 4) is 23.1 Å². The van der Waals surface area contributed by atoms with Crippen LogP contribution in [0.3, 0.4) is 0 Å². The van der Waals surface area contributed by atoms with Crippen molar-refractivity contribution in [3.05, 3.63) is 77.3 Å². The molecular weight excluding hydrogens is 367 g/mol. The second-order valence-corrected chi connectivity index (χ2v) is 7.20. The molecule has 0 bridgehead atoms. The van der Waals surface area contributed by atoms with E-state index in [4.69, 9.17) is 4.52 Å². The smallest absolute Gasteiger partial charge is 0.251 e. The van der Waals surface area contributed by atoms with Crippen molar-refractivity contribution >= 4 is 5.91 Å². The van der Waals surface area contributed by atoms with E-state index in [0.717, 1.165) is 11.1 Å². The normalized spacial score (nSPS) is 13.7. The monoisotopic (exact) mass is 388 g/mol. The Morgan fingerprint density at radius 1 is 1.10 bits per heavy atom. The number of nitrogens with zero attached hydrogens (tertiary/aromatic N) is 1. The van der Waals surface area contributed by atoms with E-state index in [9.17, 15) is 9.18 Å². The first-order valence-corrected chi connectivity index (χ1v) is 9.79. The zero-order valence-electron chi connectivity index (χ0n) is 16.0. The van der Waals surface area contributed by atoms with E-state index >= 15 is 0 Å². The third-order valence-electron chi connectivity index (χ3n) is 5.05. The summed E-state index contributed by atoms with van der Waals surface area (Å²) >= 11 is 0. The second kappa shape index (κ2) is 8.74. The van der Waals surface area contributed by atoms with E-state index in [1.54, 1.807) is 30.3 Å². The molecule has 1 aliphatic rings. The van der Waals surface area contributed by atoms with Gasteiger partial charge in [-0.25, -0.2) is 4.39 Å². The van der Waals surface area contributed by atoms with Gasteiger partial charge in [0.25, 0.3) is 5.91 Å². The topological polar surface area (TPSA) is 55.1 Å². The number of hydrogen-bond acceptors (Lipinski definition) is 3. The van der Waals surface area contributed by atoms with E-state index in [0.29, 0.717) is 22.9 Å². The van der Waals surface area contributed by atoms with Crippen molar-refractivity contribution in [2.45, 2.75) is 32.2 Å². The summed E-state index contributed by atoms with van der Waals surface area (Å²) in [6.07, 6.45) is 4.93. The van der Waals surface area contributed by atoms with Crippen LogP contribution in [0.4, 0.5) is 4.39 Å². The van der Waals surface area contributed by atoms with Crippen molar-refractivity contribution < 1.29 is 13.7 Å². The van der Waals surface area contributed by atoms with Gasteiger partial charge < -0.3 is 9.84 Å². The molecule has 0 atom stereocenters. The molecule has 1 aromatic heterocycles. The third-order valence-corrected chi connectivity index (χ3v) is 5.05. The molecule has 1 heterocycles. The Bertz CT molecular complexity index is 1040. The van der Waals surface area contributed by atoms with Gasteiger partial charge in [0.1, 0.15) is 11.5 Å². The highest BCUT2D eigenvalue weighted by molar-refractivity contribution is 5.94. The number of carbonyl (C=O) groups is 1. The van der Waals surface area contributed by atoms with Crippen molar-refractivity contribution in [2.24, 2.45) is 5.92 Å². The number of aromatic nitrogens is 1. The lowest BCUT2D eigenvalue weighted by Gasteiger charge is -2.03. The summed E-state index contributed by atoms with van der Waals surface area (Å²) in [5.41, 5.74) is 2.84. The van der Waals surface area contributed by atoms with Crippen LogP contribution in [0, 0.1) is 23.6 Å². The average Bonchev–Trinajstić information content (AvgIpc) is 3.44. The highest BCUT2D eigenvalue weighted by Crippen LogP contribution is 2.23. The number of rotatable bonds is 4. The van der Waals surface area contributed by atoms with Gasteiger partial charge in [-0.05, 0) is 61.4 Å². The molecule has 3 aromatic rings. The predicted molar refractivity (Wildman–Crippen MR) is 108 cm³/mol. The zero-order valence-corrected chi connectivity index (χ0v) is 16.0. The highest BCUT2D eigenvalue weighted by atomic mass is 19.1. The minimum atomic E-state index is -0.305. The van der Waals surface area contributed by atoms with Gasteiger partial charge in [-0.2, -0.15) is 0 Å².